The number of allylic oxidation sites excluding steroid dienone is 1. The smallest absolute Gasteiger partial charge is 0.262 e. The number of fused-ring (bicyclic) bond motifs is 1. The lowest BCUT2D eigenvalue weighted by Crippen LogP contribution is -2.31. The molecule has 130 valence electrons. The molecule has 0 saturated heterocycles. The van der Waals surface area contributed by atoms with Crippen LogP contribution in [0.2, 0.25) is 0 Å². The molecule has 2 fully saturated rings. The maximum absolute atomic E-state index is 12.5. The minimum absolute atomic E-state index is 0.0941. The molecule has 2 aliphatic rings. The van der Waals surface area contributed by atoms with E-state index >= 15 is 0 Å². The summed E-state index contributed by atoms with van der Waals surface area (Å²) in [6, 6.07) is 5.09. The van der Waals surface area contributed by atoms with Crippen LogP contribution in [-0.2, 0) is 6.54 Å². The molecule has 2 aliphatic carbocycles. The first kappa shape index (κ1) is 16.3. The van der Waals surface area contributed by atoms with Crippen LogP contribution in [0.15, 0.2) is 35.6 Å². The molecule has 2 aromatic rings. The van der Waals surface area contributed by atoms with Crippen molar-refractivity contribution in [2.75, 3.05) is 6.54 Å². The van der Waals surface area contributed by atoms with E-state index in [1.165, 1.54) is 30.3 Å². The fourth-order valence-corrected chi connectivity index (χ4v) is 3.90. The number of carbonyl (C=O) groups excluding carboxylic acids is 1. The van der Waals surface area contributed by atoms with Gasteiger partial charge in [0.15, 0.2) is 4.77 Å². The number of nitrogens with one attached hydrogen (secondary N) is 2. The van der Waals surface area contributed by atoms with E-state index in [0.717, 1.165) is 12.5 Å². The number of aromatic nitrogens is 2. The van der Waals surface area contributed by atoms with Crippen LogP contribution in [0, 0.1) is 16.1 Å². The molecule has 1 amide bonds. The molecule has 0 radical (unpaired) electrons. The second-order valence-electron chi connectivity index (χ2n) is 7.21. The standard InChI is InChI=1S/C19H21N3O2S/c1-2-9-22-17(24)14-6-3-12(10-15(14)21-18(22)25)16(23)20-11-19(7-8-19)13-4-5-13/h2-3,6,10,13H,1,4-5,7-9,11H2,(H,20,23)(H,21,25). The monoisotopic (exact) mass is 355 g/mol. The summed E-state index contributed by atoms with van der Waals surface area (Å²) in [7, 11) is 0. The van der Waals surface area contributed by atoms with Crippen LogP contribution in [0.25, 0.3) is 10.9 Å². The van der Waals surface area contributed by atoms with Gasteiger partial charge in [-0.3, -0.25) is 14.2 Å². The lowest BCUT2D eigenvalue weighted by Gasteiger charge is -2.15. The molecule has 1 aromatic carbocycles. The Morgan fingerprint density at radius 1 is 1.44 bits per heavy atom. The van der Waals surface area contributed by atoms with Gasteiger partial charge in [0.1, 0.15) is 0 Å². The predicted octanol–water partition coefficient (Wildman–Crippen LogP) is 3.17. The maximum Gasteiger partial charge on any atom is 0.262 e. The molecule has 0 bridgehead atoms. The van der Waals surface area contributed by atoms with Crippen molar-refractivity contribution in [3.05, 3.63) is 51.5 Å². The summed E-state index contributed by atoms with van der Waals surface area (Å²) in [5, 5.41) is 3.59. The van der Waals surface area contributed by atoms with Crippen molar-refractivity contribution in [3.8, 4) is 0 Å². The number of hydrogen-bond donors (Lipinski definition) is 2. The minimum Gasteiger partial charge on any atom is -0.351 e. The fraction of sp³-hybridized carbons (Fsp3) is 0.421. The highest BCUT2D eigenvalue weighted by atomic mass is 32.1. The van der Waals surface area contributed by atoms with E-state index in [-0.39, 0.29) is 11.5 Å². The summed E-state index contributed by atoms with van der Waals surface area (Å²) in [5.41, 5.74) is 1.33. The van der Waals surface area contributed by atoms with Gasteiger partial charge in [0.05, 0.1) is 10.9 Å². The molecule has 1 aromatic heterocycles. The van der Waals surface area contributed by atoms with Crippen molar-refractivity contribution in [1.82, 2.24) is 14.9 Å². The molecule has 2 saturated carbocycles. The Bertz CT molecular complexity index is 980. The van der Waals surface area contributed by atoms with Gasteiger partial charge in [-0.1, -0.05) is 6.08 Å². The highest BCUT2D eigenvalue weighted by molar-refractivity contribution is 7.71. The van der Waals surface area contributed by atoms with E-state index in [4.69, 9.17) is 12.2 Å². The van der Waals surface area contributed by atoms with Crippen LogP contribution in [0.1, 0.15) is 36.0 Å². The first-order chi connectivity index (χ1) is 12.0. The van der Waals surface area contributed by atoms with Crippen LogP contribution in [0.4, 0.5) is 0 Å². The molecule has 2 N–H and O–H groups in total. The van der Waals surface area contributed by atoms with Crippen molar-refractivity contribution in [1.29, 1.82) is 0 Å². The van der Waals surface area contributed by atoms with Crippen molar-refractivity contribution in [3.63, 3.8) is 0 Å². The summed E-state index contributed by atoms with van der Waals surface area (Å²) in [6.45, 7) is 4.76. The zero-order valence-corrected chi connectivity index (χ0v) is 14.8. The second kappa shape index (κ2) is 5.95. The molecule has 0 unspecified atom stereocenters. The number of rotatable bonds is 6. The molecule has 0 atom stereocenters. The maximum atomic E-state index is 12.5. The first-order valence-electron chi connectivity index (χ1n) is 8.70. The molecule has 0 spiro atoms. The van der Waals surface area contributed by atoms with Gasteiger partial charge < -0.3 is 10.3 Å². The third-order valence-electron chi connectivity index (χ3n) is 5.49. The number of carbonyl (C=O) groups is 1. The van der Waals surface area contributed by atoms with E-state index < -0.39 is 0 Å². The zero-order valence-electron chi connectivity index (χ0n) is 14.0. The Morgan fingerprint density at radius 2 is 2.20 bits per heavy atom. The molecule has 6 heteroatoms. The van der Waals surface area contributed by atoms with Crippen LogP contribution in [-0.4, -0.2) is 22.0 Å². The van der Waals surface area contributed by atoms with Gasteiger partial charge in [0.2, 0.25) is 0 Å². The summed E-state index contributed by atoms with van der Waals surface area (Å²) in [6.07, 6.45) is 6.70. The summed E-state index contributed by atoms with van der Waals surface area (Å²) < 4.78 is 1.79. The lowest BCUT2D eigenvalue weighted by atomic mass is 10.0. The number of hydrogen-bond acceptors (Lipinski definition) is 3. The van der Waals surface area contributed by atoms with Crippen LogP contribution < -0.4 is 10.9 Å². The van der Waals surface area contributed by atoms with Crippen LogP contribution in [0.3, 0.4) is 0 Å². The summed E-state index contributed by atoms with van der Waals surface area (Å²) in [5.74, 6) is 0.715. The molecule has 4 rings (SSSR count). The van der Waals surface area contributed by atoms with Crippen LogP contribution in [0.5, 0.6) is 0 Å². The fourth-order valence-electron chi connectivity index (χ4n) is 3.63. The van der Waals surface area contributed by atoms with Gasteiger partial charge >= 0.3 is 0 Å². The second-order valence-corrected chi connectivity index (χ2v) is 7.60. The lowest BCUT2D eigenvalue weighted by molar-refractivity contribution is 0.0942. The van der Waals surface area contributed by atoms with Gasteiger partial charge in [0, 0.05) is 18.7 Å². The number of amides is 1. The third-order valence-corrected chi connectivity index (χ3v) is 5.81. The largest absolute Gasteiger partial charge is 0.351 e. The molecule has 25 heavy (non-hydrogen) atoms. The molecule has 0 aliphatic heterocycles. The average molecular weight is 355 g/mol. The van der Waals surface area contributed by atoms with Gasteiger partial charge in [-0.25, -0.2) is 0 Å². The van der Waals surface area contributed by atoms with Crippen molar-refractivity contribution in [2.45, 2.75) is 32.2 Å². The third kappa shape index (κ3) is 2.95. The van der Waals surface area contributed by atoms with E-state index in [0.29, 0.717) is 33.2 Å². The van der Waals surface area contributed by atoms with E-state index in [2.05, 4.69) is 16.9 Å². The average Bonchev–Trinajstić information content (AvgIpc) is 3.48. The Hall–Kier alpha value is -2.21. The Kier molecular flexibility index (Phi) is 3.87. The predicted molar refractivity (Wildman–Crippen MR) is 100 cm³/mol. The normalized spacial score (nSPS) is 18.1. The van der Waals surface area contributed by atoms with Gasteiger partial charge in [0.25, 0.3) is 11.5 Å². The SMILES string of the molecule is C=CCn1c(=S)[nH]c2cc(C(=O)NCC3(C4CC4)CC3)ccc2c1=O. The highest BCUT2D eigenvalue weighted by Crippen LogP contribution is 2.60. The van der Waals surface area contributed by atoms with Crippen molar-refractivity contribution >= 4 is 29.0 Å². The van der Waals surface area contributed by atoms with Gasteiger partial charge in [-0.05, 0) is 67.4 Å². The molecule has 1 heterocycles. The van der Waals surface area contributed by atoms with E-state index in [1.807, 2.05) is 0 Å². The van der Waals surface area contributed by atoms with Gasteiger partial charge in [-0.15, -0.1) is 6.58 Å². The van der Waals surface area contributed by atoms with E-state index in [1.54, 1.807) is 24.3 Å². The Labute approximate surface area is 150 Å². The van der Waals surface area contributed by atoms with Crippen LogP contribution >= 0.6 is 12.2 Å². The number of nitrogens with zero attached hydrogens (tertiary/aromatic N) is 1. The Morgan fingerprint density at radius 3 is 2.84 bits per heavy atom. The highest BCUT2D eigenvalue weighted by Gasteiger charge is 2.53. The first-order valence-corrected chi connectivity index (χ1v) is 9.11. The quantitative estimate of drug-likeness (QED) is 0.618. The number of aromatic amines is 1. The molecular weight excluding hydrogens is 334 g/mol. The number of benzene rings is 1. The number of H-pyrrole nitrogens is 1. The van der Waals surface area contributed by atoms with Gasteiger partial charge in [-0.2, -0.15) is 0 Å². The summed E-state index contributed by atoms with van der Waals surface area (Å²) >= 11 is 5.24. The Balaban J connectivity index is 1.59. The summed E-state index contributed by atoms with van der Waals surface area (Å²) in [4.78, 5) is 28.0. The molecular formula is C19H21N3O2S. The van der Waals surface area contributed by atoms with E-state index in [9.17, 15) is 9.59 Å². The zero-order chi connectivity index (χ0) is 17.6. The minimum atomic E-state index is -0.170. The van der Waals surface area contributed by atoms with Crippen molar-refractivity contribution in [2.24, 2.45) is 11.3 Å². The van der Waals surface area contributed by atoms with Crippen molar-refractivity contribution < 1.29 is 4.79 Å². The topological polar surface area (TPSA) is 66.9 Å². The molecule has 5 nitrogen and oxygen atoms in total.